The van der Waals surface area contributed by atoms with Crippen molar-refractivity contribution < 1.29 is 4.79 Å². The Hall–Kier alpha value is -2.89. The zero-order valence-electron chi connectivity index (χ0n) is 16.9. The third kappa shape index (κ3) is 3.26. The van der Waals surface area contributed by atoms with Gasteiger partial charge in [0.2, 0.25) is 0 Å². The third-order valence-corrected chi connectivity index (χ3v) is 6.30. The van der Waals surface area contributed by atoms with Gasteiger partial charge in [-0.05, 0) is 38.5 Å². The number of aromatic nitrogens is 4. The minimum absolute atomic E-state index is 0.0169. The van der Waals surface area contributed by atoms with Gasteiger partial charge in [0.25, 0.3) is 5.91 Å². The van der Waals surface area contributed by atoms with Gasteiger partial charge in [0.05, 0.1) is 17.9 Å². The number of nitrogens with one attached hydrogen (secondary N) is 1. The molecule has 3 aromatic rings. The van der Waals surface area contributed by atoms with E-state index in [0.29, 0.717) is 5.69 Å². The van der Waals surface area contributed by atoms with Crippen molar-refractivity contribution in [3.05, 3.63) is 59.2 Å². The Bertz CT molecular complexity index is 1030. The molecule has 1 amide bonds. The average molecular weight is 390 g/mol. The maximum atomic E-state index is 13.3. The molecule has 3 heterocycles. The number of fused-ring (bicyclic) bond motifs is 2. The lowest BCUT2D eigenvalue weighted by Crippen LogP contribution is -2.32. The van der Waals surface area contributed by atoms with Crippen molar-refractivity contribution in [1.82, 2.24) is 24.6 Å². The maximum Gasteiger partial charge on any atom is 0.272 e. The van der Waals surface area contributed by atoms with E-state index in [4.69, 9.17) is 4.98 Å². The molecule has 1 aromatic carbocycles. The Balaban J connectivity index is 1.49. The second-order valence-corrected chi connectivity index (χ2v) is 8.15. The quantitative estimate of drug-likeness (QED) is 0.741. The number of hydrogen-bond acceptors (Lipinski definition) is 3. The van der Waals surface area contributed by atoms with E-state index in [2.05, 4.69) is 27.1 Å². The van der Waals surface area contributed by atoms with Gasteiger partial charge in [-0.3, -0.25) is 9.48 Å². The second-order valence-electron chi connectivity index (χ2n) is 8.15. The summed E-state index contributed by atoms with van der Waals surface area (Å²) in [5.41, 5.74) is 5.14. The lowest BCUT2D eigenvalue weighted by atomic mass is 9.93. The zero-order chi connectivity index (χ0) is 19.8. The van der Waals surface area contributed by atoms with Crippen LogP contribution in [0, 0.1) is 0 Å². The highest BCUT2D eigenvalue weighted by Crippen LogP contribution is 2.31. The Morgan fingerprint density at radius 1 is 1.07 bits per heavy atom. The minimum Gasteiger partial charge on any atom is -0.344 e. The molecule has 5 rings (SSSR count). The van der Waals surface area contributed by atoms with E-state index in [1.165, 1.54) is 12.1 Å². The fraction of sp³-hybridized carbons (Fsp3) is 0.435. The second kappa shape index (κ2) is 7.50. The van der Waals surface area contributed by atoms with Crippen LogP contribution in [0.3, 0.4) is 0 Å². The van der Waals surface area contributed by atoms with Crippen LogP contribution in [0.15, 0.2) is 36.5 Å². The topological polar surface area (TPSA) is 64.7 Å². The highest BCUT2D eigenvalue weighted by molar-refractivity contribution is 5.94. The predicted molar refractivity (Wildman–Crippen MR) is 112 cm³/mol. The van der Waals surface area contributed by atoms with Gasteiger partial charge < -0.3 is 9.88 Å². The molecule has 1 unspecified atom stereocenters. The van der Waals surface area contributed by atoms with Crippen LogP contribution in [0.5, 0.6) is 0 Å². The molecule has 0 radical (unpaired) electrons. The molecule has 6 nitrogen and oxygen atoms in total. The number of amides is 1. The number of hydrogen-bond donors (Lipinski definition) is 1. The van der Waals surface area contributed by atoms with Crippen molar-refractivity contribution in [2.24, 2.45) is 7.05 Å². The Labute approximate surface area is 171 Å². The van der Waals surface area contributed by atoms with Crippen LogP contribution < -0.4 is 5.32 Å². The molecule has 29 heavy (non-hydrogen) atoms. The van der Waals surface area contributed by atoms with Crippen molar-refractivity contribution >= 4 is 5.91 Å². The van der Waals surface area contributed by atoms with E-state index in [0.717, 1.165) is 67.7 Å². The summed E-state index contributed by atoms with van der Waals surface area (Å²) in [6, 6.07) is 10.2. The summed E-state index contributed by atoms with van der Waals surface area (Å²) in [4.78, 5) is 18.2. The highest BCUT2D eigenvalue weighted by atomic mass is 16.2. The van der Waals surface area contributed by atoms with Crippen LogP contribution in [0.4, 0.5) is 0 Å². The fourth-order valence-electron chi connectivity index (χ4n) is 4.79. The zero-order valence-corrected chi connectivity index (χ0v) is 16.9. The van der Waals surface area contributed by atoms with Crippen LogP contribution in [-0.4, -0.2) is 25.2 Å². The molecule has 1 N–H and O–H groups in total. The summed E-state index contributed by atoms with van der Waals surface area (Å²) >= 11 is 0. The van der Waals surface area contributed by atoms with Crippen LogP contribution in [-0.2, 0) is 26.4 Å². The number of benzene rings is 1. The largest absolute Gasteiger partial charge is 0.344 e. The average Bonchev–Trinajstić information content (AvgIpc) is 3.21. The molecule has 6 heteroatoms. The summed E-state index contributed by atoms with van der Waals surface area (Å²) < 4.78 is 4.21. The molecule has 1 atom stereocenters. The van der Waals surface area contributed by atoms with Gasteiger partial charge in [-0.1, -0.05) is 36.8 Å². The summed E-state index contributed by atoms with van der Waals surface area (Å²) in [6.45, 7) is 0.927. The van der Waals surface area contributed by atoms with Crippen LogP contribution >= 0.6 is 0 Å². The molecule has 0 fully saturated rings. The van der Waals surface area contributed by atoms with E-state index in [1.807, 2.05) is 36.1 Å². The molecule has 1 aliphatic heterocycles. The Kier molecular flexibility index (Phi) is 4.70. The first kappa shape index (κ1) is 18.2. The fourth-order valence-corrected chi connectivity index (χ4v) is 4.79. The summed E-state index contributed by atoms with van der Waals surface area (Å²) in [7, 11) is 1.98. The van der Waals surface area contributed by atoms with Gasteiger partial charge >= 0.3 is 0 Å². The smallest absolute Gasteiger partial charge is 0.272 e. The Morgan fingerprint density at radius 3 is 2.76 bits per heavy atom. The first-order valence-corrected chi connectivity index (χ1v) is 10.7. The minimum atomic E-state index is -0.0560. The van der Waals surface area contributed by atoms with Gasteiger partial charge in [-0.2, -0.15) is 5.10 Å². The molecular weight excluding hydrogens is 362 g/mol. The molecular formula is C23H27N5O. The predicted octanol–water partition coefficient (Wildman–Crippen LogP) is 3.82. The molecule has 0 saturated heterocycles. The highest BCUT2D eigenvalue weighted by Gasteiger charge is 2.29. The standard InChI is InChI=1S/C23H27N5O/c1-27-19-13-8-11-18(17(19)15-24-27)25-23(29)21-20-12-6-3-7-14-28(20)22(26-21)16-9-4-2-5-10-16/h2,4-5,9-10,15,18H,3,6-8,11-14H2,1H3,(H,25,29). The van der Waals surface area contributed by atoms with E-state index in [9.17, 15) is 4.79 Å². The van der Waals surface area contributed by atoms with Gasteiger partial charge in [0.15, 0.2) is 0 Å². The monoisotopic (exact) mass is 389 g/mol. The van der Waals surface area contributed by atoms with Crippen molar-refractivity contribution in [2.45, 2.75) is 57.5 Å². The van der Waals surface area contributed by atoms with Gasteiger partial charge in [-0.15, -0.1) is 0 Å². The SMILES string of the molecule is Cn1ncc2c1CCCC2NC(=O)c1nc(-c2ccccc2)n2c1CCCCC2. The summed E-state index contributed by atoms with van der Waals surface area (Å²) in [5, 5.41) is 7.67. The number of imidazole rings is 1. The normalized spacial score (nSPS) is 18.6. The van der Waals surface area contributed by atoms with E-state index >= 15 is 0 Å². The van der Waals surface area contributed by atoms with Gasteiger partial charge in [0.1, 0.15) is 11.5 Å². The number of carbonyl (C=O) groups excluding carboxylic acids is 1. The van der Waals surface area contributed by atoms with E-state index in [-0.39, 0.29) is 11.9 Å². The summed E-state index contributed by atoms with van der Waals surface area (Å²) in [5.74, 6) is 0.859. The number of rotatable bonds is 3. The Morgan fingerprint density at radius 2 is 1.90 bits per heavy atom. The third-order valence-electron chi connectivity index (χ3n) is 6.30. The molecule has 1 aliphatic carbocycles. The molecule has 0 spiro atoms. The molecule has 2 aromatic heterocycles. The summed E-state index contributed by atoms with van der Waals surface area (Å²) in [6.07, 6.45) is 9.28. The molecule has 150 valence electrons. The number of aryl methyl sites for hydroxylation is 1. The first-order chi connectivity index (χ1) is 14.2. The lowest BCUT2D eigenvalue weighted by Gasteiger charge is -2.23. The van der Waals surface area contributed by atoms with Crippen molar-refractivity contribution in [3.63, 3.8) is 0 Å². The van der Waals surface area contributed by atoms with E-state index in [1.54, 1.807) is 0 Å². The molecule has 0 bridgehead atoms. The van der Waals surface area contributed by atoms with Crippen molar-refractivity contribution in [3.8, 4) is 11.4 Å². The first-order valence-electron chi connectivity index (χ1n) is 10.7. The van der Waals surface area contributed by atoms with Crippen LogP contribution in [0.1, 0.15) is 65.6 Å². The van der Waals surface area contributed by atoms with Crippen molar-refractivity contribution in [1.29, 1.82) is 0 Å². The lowest BCUT2D eigenvalue weighted by molar-refractivity contribution is 0.0927. The maximum absolute atomic E-state index is 13.3. The van der Waals surface area contributed by atoms with E-state index < -0.39 is 0 Å². The number of carbonyl (C=O) groups is 1. The van der Waals surface area contributed by atoms with Gasteiger partial charge in [0, 0.05) is 30.4 Å². The number of nitrogens with zero attached hydrogens (tertiary/aromatic N) is 4. The van der Waals surface area contributed by atoms with Crippen LogP contribution in [0.25, 0.3) is 11.4 Å². The molecule has 0 saturated carbocycles. The van der Waals surface area contributed by atoms with Gasteiger partial charge in [-0.25, -0.2) is 4.98 Å². The van der Waals surface area contributed by atoms with Crippen molar-refractivity contribution in [2.75, 3.05) is 0 Å². The van der Waals surface area contributed by atoms with Crippen LogP contribution in [0.2, 0.25) is 0 Å². The molecule has 2 aliphatic rings.